The molecule has 3 nitrogen and oxygen atoms in total. The van der Waals surface area contributed by atoms with Gasteiger partial charge in [0.1, 0.15) is 11.2 Å². The molecule has 0 radical (unpaired) electrons. The Labute approximate surface area is 408 Å². The molecule has 1 aromatic heterocycles. The molecule has 330 valence electrons. The predicted molar refractivity (Wildman–Crippen MR) is 291 cm³/mol. The Morgan fingerprint density at radius 3 is 1.43 bits per heavy atom. The zero-order chi connectivity index (χ0) is 46.4. The van der Waals surface area contributed by atoms with E-state index >= 15 is 0 Å². The first kappa shape index (κ1) is 41.0. The van der Waals surface area contributed by atoms with Crippen LogP contribution in [0.2, 0.25) is 0 Å². The fraction of sp³-hybridized carbons (Fsp3) is 0.0149. The van der Waals surface area contributed by atoms with Crippen LogP contribution in [0.4, 0.5) is 34.1 Å². The molecule has 0 spiro atoms. The van der Waals surface area contributed by atoms with E-state index < -0.39 is 5.41 Å². The van der Waals surface area contributed by atoms with E-state index in [1.165, 1.54) is 44.5 Å². The van der Waals surface area contributed by atoms with Crippen molar-refractivity contribution in [3.05, 3.63) is 301 Å². The number of hydrogen-bond acceptors (Lipinski definition) is 3. The van der Waals surface area contributed by atoms with Gasteiger partial charge in [-0.3, -0.25) is 0 Å². The molecule has 70 heavy (non-hydrogen) atoms. The highest BCUT2D eigenvalue weighted by Gasteiger charge is 2.45. The van der Waals surface area contributed by atoms with Gasteiger partial charge in [-0.25, -0.2) is 0 Å². The standard InChI is InChI=1S/C67H46N2O/c1-4-19-47(20-5-1)49-37-41-54(42-38-49)69(63-34-18-36-65-66(63)60-31-12-15-35-64(60)70-65)57-28-17-27-56(46-57)68(55-26-16-23-50(45-55)48-21-6-2-7-22-48)53-43-39-52(40-44-53)67(51-24-8-3-9-25-51)61-32-13-10-29-58(61)59-30-11-14-33-62(59)67/h1-46H. The van der Waals surface area contributed by atoms with E-state index in [2.05, 4.69) is 283 Å². The van der Waals surface area contributed by atoms with Gasteiger partial charge in [-0.05, 0) is 128 Å². The van der Waals surface area contributed by atoms with Gasteiger partial charge in [0.15, 0.2) is 0 Å². The van der Waals surface area contributed by atoms with Crippen LogP contribution < -0.4 is 9.80 Å². The lowest BCUT2D eigenvalue weighted by molar-refractivity contribution is 0.669. The molecule has 1 aliphatic carbocycles. The van der Waals surface area contributed by atoms with Crippen molar-refractivity contribution in [2.45, 2.75) is 5.41 Å². The van der Waals surface area contributed by atoms with E-state index in [1.807, 2.05) is 6.07 Å². The first-order valence-electron chi connectivity index (χ1n) is 24.0. The summed E-state index contributed by atoms with van der Waals surface area (Å²) >= 11 is 0. The van der Waals surface area contributed by atoms with Crippen molar-refractivity contribution in [3.63, 3.8) is 0 Å². The molecule has 0 aliphatic heterocycles. The number of fused-ring (bicyclic) bond motifs is 6. The minimum atomic E-state index is -0.500. The minimum Gasteiger partial charge on any atom is -0.456 e. The number of nitrogens with zero attached hydrogens (tertiary/aromatic N) is 2. The van der Waals surface area contributed by atoms with Crippen molar-refractivity contribution in [1.29, 1.82) is 0 Å². The Morgan fingerprint density at radius 2 is 0.743 bits per heavy atom. The molecule has 0 amide bonds. The Bertz CT molecular complexity index is 3780. The summed E-state index contributed by atoms with van der Waals surface area (Å²) in [4.78, 5) is 4.78. The van der Waals surface area contributed by atoms with Crippen molar-refractivity contribution in [3.8, 4) is 33.4 Å². The van der Waals surface area contributed by atoms with Crippen LogP contribution >= 0.6 is 0 Å². The second-order valence-corrected chi connectivity index (χ2v) is 18.0. The van der Waals surface area contributed by atoms with Crippen molar-refractivity contribution >= 4 is 56.1 Å². The lowest BCUT2D eigenvalue weighted by Crippen LogP contribution is -2.28. The second kappa shape index (κ2) is 17.2. The summed E-state index contributed by atoms with van der Waals surface area (Å²) in [6.07, 6.45) is 0. The molecule has 12 aromatic rings. The molecule has 1 heterocycles. The zero-order valence-corrected chi connectivity index (χ0v) is 38.4. The van der Waals surface area contributed by atoms with Crippen molar-refractivity contribution in [2.24, 2.45) is 0 Å². The minimum absolute atomic E-state index is 0.500. The van der Waals surface area contributed by atoms with E-state index in [1.54, 1.807) is 0 Å². The first-order valence-corrected chi connectivity index (χ1v) is 24.0. The molecule has 0 saturated carbocycles. The maximum Gasteiger partial charge on any atom is 0.137 e. The Balaban J connectivity index is 0.998. The van der Waals surface area contributed by atoms with Gasteiger partial charge in [0.2, 0.25) is 0 Å². The fourth-order valence-electron chi connectivity index (χ4n) is 11.0. The number of hydrogen-bond donors (Lipinski definition) is 0. The quantitative estimate of drug-likeness (QED) is 0.136. The fourth-order valence-corrected chi connectivity index (χ4v) is 11.0. The maximum absolute atomic E-state index is 6.50. The molecule has 0 unspecified atom stereocenters. The van der Waals surface area contributed by atoms with Gasteiger partial charge in [0, 0.05) is 33.8 Å². The van der Waals surface area contributed by atoms with Gasteiger partial charge in [0.25, 0.3) is 0 Å². The normalized spacial score (nSPS) is 12.4. The predicted octanol–water partition coefficient (Wildman–Crippen LogP) is 18.2. The molecule has 13 rings (SSSR count). The SMILES string of the molecule is c1ccc(-c2ccc(N(c3cccc(N(c4ccc(C5(c6ccccc6)c6ccccc6-c6ccccc65)cc4)c4cccc(-c5ccccc5)c4)c3)c3cccc4oc5ccccc5c34)cc2)cc1. The van der Waals surface area contributed by atoms with Gasteiger partial charge in [-0.1, -0.05) is 206 Å². The van der Waals surface area contributed by atoms with Gasteiger partial charge >= 0.3 is 0 Å². The summed E-state index contributed by atoms with van der Waals surface area (Å²) in [6, 6.07) is 101. The Kier molecular flexibility index (Phi) is 10.1. The van der Waals surface area contributed by atoms with Crippen molar-refractivity contribution in [1.82, 2.24) is 0 Å². The van der Waals surface area contributed by atoms with Gasteiger partial charge < -0.3 is 14.2 Å². The molecule has 0 N–H and O–H groups in total. The van der Waals surface area contributed by atoms with Crippen molar-refractivity contribution < 1.29 is 4.42 Å². The number of furan rings is 1. The number of para-hydroxylation sites is 1. The van der Waals surface area contributed by atoms with Crippen molar-refractivity contribution in [2.75, 3.05) is 9.80 Å². The van der Waals surface area contributed by atoms with Crippen LogP contribution in [-0.2, 0) is 5.41 Å². The lowest BCUT2D eigenvalue weighted by atomic mass is 9.68. The van der Waals surface area contributed by atoms with Gasteiger partial charge in [-0.15, -0.1) is 0 Å². The number of rotatable bonds is 10. The molecule has 3 heteroatoms. The Hall–Kier alpha value is -9.18. The summed E-state index contributed by atoms with van der Waals surface area (Å²) in [6.45, 7) is 0. The lowest BCUT2D eigenvalue weighted by Gasteiger charge is -2.34. The second-order valence-electron chi connectivity index (χ2n) is 18.0. The third-order valence-corrected chi connectivity index (χ3v) is 14.1. The third-order valence-electron chi connectivity index (χ3n) is 14.1. The summed E-state index contributed by atoms with van der Waals surface area (Å²) in [7, 11) is 0. The zero-order valence-electron chi connectivity index (χ0n) is 38.4. The average molecular weight is 895 g/mol. The highest BCUT2D eigenvalue weighted by Crippen LogP contribution is 2.56. The van der Waals surface area contributed by atoms with Crippen LogP contribution in [0.5, 0.6) is 0 Å². The summed E-state index contributed by atoms with van der Waals surface area (Å²) in [5.41, 5.74) is 19.7. The van der Waals surface area contributed by atoms with Gasteiger partial charge in [0.05, 0.1) is 16.5 Å². The van der Waals surface area contributed by atoms with E-state index in [0.29, 0.717) is 0 Å². The van der Waals surface area contributed by atoms with E-state index in [0.717, 1.165) is 67.2 Å². The van der Waals surface area contributed by atoms with E-state index in [-0.39, 0.29) is 0 Å². The smallest absolute Gasteiger partial charge is 0.137 e. The van der Waals surface area contributed by atoms with Crippen LogP contribution in [-0.4, -0.2) is 0 Å². The molecule has 11 aromatic carbocycles. The van der Waals surface area contributed by atoms with E-state index in [9.17, 15) is 0 Å². The highest BCUT2D eigenvalue weighted by molar-refractivity contribution is 6.13. The van der Waals surface area contributed by atoms with Gasteiger partial charge in [-0.2, -0.15) is 0 Å². The monoisotopic (exact) mass is 894 g/mol. The average Bonchev–Trinajstić information content (AvgIpc) is 3.97. The van der Waals surface area contributed by atoms with Crippen LogP contribution in [0.3, 0.4) is 0 Å². The molecule has 0 atom stereocenters. The summed E-state index contributed by atoms with van der Waals surface area (Å²) in [5.74, 6) is 0. The number of benzene rings is 11. The molecular formula is C67H46N2O. The van der Waals surface area contributed by atoms with Crippen LogP contribution in [0.1, 0.15) is 22.3 Å². The summed E-state index contributed by atoms with van der Waals surface area (Å²) < 4.78 is 6.50. The maximum atomic E-state index is 6.50. The first-order chi connectivity index (χ1) is 34.7. The Morgan fingerprint density at radius 1 is 0.286 bits per heavy atom. The van der Waals surface area contributed by atoms with Crippen LogP contribution in [0, 0.1) is 0 Å². The largest absolute Gasteiger partial charge is 0.456 e. The highest BCUT2D eigenvalue weighted by atomic mass is 16.3. The molecule has 1 aliphatic rings. The van der Waals surface area contributed by atoms with E-state index in [4.69, 9.17) is 4.42 Å². The molecular weight excluding hydrogens is 849 g/mol. The number of anilines is 6. The molecule has 0 bridgehead atoms. The summed E-state index contributed by atoms with van der Waals surface area (Å²) in [5, 5.41) is 2.15. The molecule has 0 fully saturated rings. The van der Waals surface area contributed by atoms with Crippen LogP contribution in [0.15, 0.2) is 283 Å². The molecule has 0 saturated heterocycles. The van der Waals surface area contributed by atoms with Crippen LogP contribution in [0.25, 0.3) is 55.3 Å². The third kappa shape index (κ3) is 6.82. The topological polar surface area (TPSA) is 19.6 Å².